The summed E-state index contributed by atoms with van der Waals surface area (Å²) in [5, 5.41) is 1.40. The van der Waals surface area contributed by atoms with Crippen molar-refractivity contribution in [2.75, 3.05) is 9.80 Å². The van der Waals surface area contributed by atoms with E-state index in [9.17, 15) is 0 Å². The van der Waals surface area contributed by atoms with Crippen LogP contribution in [0.2, 0.25) is 10.0 Å². The highest BCUT2D eigenvalue weighted by Gasteiger charge is 2.16. The lowest BCUT2D eigenvalue weighted by Gasteiger charge is -2.28. The van der Waals surface area contributed by atoms with Crippen molar-refractivity contribution in [3.63, 3.8) is 0 Å². The summed E-state index contributed by atoms with van der Waals surface area (Å²) in [5.41, 5.74) is 6.20. The van der Waals surface area contributed by atoms with Gasteiger partial charge in [-0.15, -0.1) is 0 Å². The summed E-state index contributed by atoms with van der Waals surface area (Å²) in [6, 6.07) is 44.9. The molecule has 0 N–H and O–H groups in total. The molecule has 0 radical (unpaired) electrons. The minimum atomic E-state index is 0.700. The predicted molar refractivity (Wildman–Crippen MR) is 146 cm³/mol. The zero-order valence-electron chi connectivity index (χ0n) is 18.4. The molecule has 0 unspecified atom stereocenters. The molecule has 0 fully saturated rings. The molecule has 0 saturated carbocycles. The van der Waals surface area contributed by atoms with Crippen molar-refractivity contribution in [1.29, 1.82) is 0 Å². The summed E-state index contributed by atoms with van der Waals surface area (Å²) in [7, 11) is 0. The first kappa shape index (κ1) is 22.1. The van der Waals surface area contributed by atoms with Crippen LogP contribution in [0.5, 0.6) is 0 Å². The second-order valence-corrected chi connectivity index (χ2v) is 8.69. The van der Waals surface area contributed by atoms with E-state index in [2.05, 4.69) is 70.5 Å². The van der Waals surface area contributed by atoms with Gasteiger partial charge in [0.25, 0.3) is 0 Å². The molecule has 0 aromatic heterocycles. The van der Waals surface area contributed by atoms with Gasteiger partial charge in [-0.1, -0.05) is 71.7 Å². The SMILES string of the molecule is Clc1cccc(N(c2ccccc2)c2ccc(N(c3ccccc3)c3cccc(Cl)c3)cc2)c1. The first-order chi connectivity index (χ1) is 16.7. The Labute approximate surface area is 210 Å². The lowest BCUT2D eigenvalue weighted by atomic mass is 10.1. The number of para-hydroxylation sites is 2. The fourth-order valence-corrected chi connectivity index (χ4v) is 4.40. The third-order valence-corrected chi connectivity index (χ3v) is 6.00. The van der Waals surface area contributed by atoms with Gasteiger partial charge in [-0.05, 0) is 84.9 Å². The van der Waals surface area contributed by atoms with Crippen molar-refractivity contribution >= 4 is 57.3 Å². The molecule has 5 rings (SSSR count). The van der Waals surface area contributed by atoms with Crippen LogP contribution >= 0.6 is 23.2 Å². The number of hydrogen-bond donors (Lipinski definition) is 0. The zero-order valence-corrected chi connectivity index (χ0v) is 19.9. The van der Waals surface area contributed by atoms with Crippen molar-refractivity contribution in [3.05, 3.63) is 144 Å². The molecule has 0 atom stereocenters. The maximum absolute atomic E-state index is 6.33. The minimum absolute atomic E-state index is 0.700. The molecule has 4 heteroatoms. The Hall–Kier alpha value is -3.72. The fraction of sp³-hybridized carbons (Fsp3) is 0. The summed E-state index contributed by atoms with van der Waals surface area (Å²) in [5.74, 6) is 0. The Balaban J connectivity index is 1.59. The number of anilines is 6. The number of rotatable bonds is 6. The van der Waals surface area contributed by atoms with Gasteiger partial charge in [0, 0.05) is 44.2 Å². The van der Waals surface area contributed by atoms with Crippen molar-refractivity contribution in [1.82, 2.24) is 0 Å². The van der Waals surface area contributed by atoms with E-state index in [1.165, 1.54) is 0 Å². The molecule has 0 heterocycles. The minimum Gasteiger partial charge on any atom is -0.310 e. The normalized spacial score (nSPS) is 10.6. The van der Waals surface area contributed by atoms with Crippen molar-refractivity contribution in [3.8, 4) is 0 Å². The summed E-state index contributed by atoms with van der Waals surface area (Å²) in [4.78, 5) is 4.39. The van der Waals surface area contributed by atoms with Crippen LogP contribution in [-0.2, 0) is 0 Å². The fourth-order valence-electron chi connectivity index (χ4n) is 4.03. The zero-order chi connectivity index (χ0) is 23.3. The predicted octanol–water partition coefficient (Wildman–Crippen LogP) is 9.93. The van der Waals surface area contributed by atoms with Gasteiger partial charge in [0.1, 0.15) is 0 Å². The topological polar surface area (TPSA) is 6.48 Å². The van der Waals surface area contributed by atoms with Gasteiger partial charge in [0.05, 0.1) is 0 Å². The van der Waals surface area contributed by atoms with Gasteiger partial charge < -0.3 is 9.80 Å². The number of nitrogens with zero attached hydrogens (tertiary/aromatic N) is 2. The highest BCUT2D eigenvalue weighted by atomic mass is 35.5. The van der Waals surface area contributed by atoms with E-state index in [0.29, 0.717) is 10.0 Å². The maximum atomic E-state index is 6.33. The molecule has 34 heavy (non-hydrogen) atoms. The van der Waals surface area contributed by atoms with Gasteiger partial charge in [0.2, 0.25) is 0 Å². The van der Waals surface area contributed by atoms with Crippen LogP contribution in [0.15, 0.2) is 133 Å². The van der Waals surface area contributed by atoms with Crippen LogP contribution < -0.4 is 9.80 Å². The Morgan fingerprint density at radius 2 is 0.647 bits per heavy atom. The summed E-state index contributed by atoms with van der Waals surface area (Å²) in [6.45, 7) is 0. The average Bonchev–Trinajstić information content (AvgIpc) is 2.87. The number of hydrogen-bond acceptors (Lipinski definition) is 2. The van der Waals surface area contributed by atoms with E-state index >= 15 is 0 Å². The van der Waals surface area contributed by atoms with Gasteiger partial charge in [-0.25, -0.2) is 0 Å². The van der Waals surface area contributed by atoms with Crippen LogP contribution in [-0.4, -0.2) is 0 Å². The second kappa shape index (κ2) is 10.0. The van der Waals surface area contributed by atoms with Crippen LogP contribution in [0.25, 0.3) is 0 Å². The first-order valence-corrected chi connectivity index (χ1v) is 11.8. The molecule has 0 aliphatic carbocycles. The van der Waals surface area contributed by atoms with Gasteiger partial charge in [-0.3, -0.25) is 0 Å². The second-order valence-electron chi connectivity index (χ2n) is 7.82. The van der Waals surface area contributed by atoms with E-state index in [0.717, 1.165) is 34.1 Å². The molecule has 0 amide bonds. The molecule has 0 saturated heterocycles. The van der Waals surface area contributed by atoms with Gasteiger partial charge in [-0.2, -0.15) is 0 Å². The van der Waals surface area contributed by atoms with Gasteiger partial charge >= 0.3 is 0 Å². The third-order valence-electron chi connectivity index (χ3n) is 5.53. The smallest absolute Gasteiger partial charge is 0.0476 e. The summed E-state index contributed by atoms with van der Waals surface area (Å²) < 4.78 is 0. The Morgan fingerprint density at radius 3 is 1.00 bits per heavy atom. The lowest BCUT2D eigenvalue weighted by Crippen LogP contribution is -2.12. The van der Waals surface area contributed by atoms with E-state index in [4.69, 9.17) is 23.2 Å². The first-order valence-electron chi connectivity index (χ1n) is 11.0. The number of benzene rings is 5. The van der Waals surface area contributed by atoms with Gasteiger partial charge in [0.15, 0.2) is 0 Å². The molecule has 0 aliphatic rings. The summed E-state index contributed by atoms with van der Waals surface area (Å²) in [6.07, 6.45) is 0. The molecule has 5 aromatic rings. The maximum Gasteiger partial charge on any atom is 0.0476 e. The Morgan fingerprint density at radius 1 is 0.324 bits per heavy atom. The highest BCUT2D eigenvalue weighted by molar-refractivity contribution is 6.31. The molecule has 2 nitrogen and oxygen atoms in total. The van der Waals surface area contributed by atoms with Crippen molar-refractivity contribution in [2.24, 2.45) is 0 Å². The molecule has 166 valence electrons. The van der Waals surface area contributed by atoms with Crippen LogP contribution in [0.4, 0.5) is 34.1 Å². The molecule has 5 aromatic carbocycles. The molecule has 0 spiro atoms. The average molecular weight is 481 g/mol. The Bertz CT molecular complexity index is 1260. The lowest BCUT2D eigenvalue weighted by molar-refractivity contribution is 1.26. The Kier molecular flexibility index (Phi) is 6.53. The molecule has 0 bridgehead atoms. The standard InChI is InChI=1S/C30H22Cl2N2/c31-23-9-7-15-29(21-23)33(25-11-3-1-4-12-25)27-17-19-28(20-18-27)34(26-13-5-2-6-14-26)30-16-8-10-24(32)22-30/h1-22H. The van der Waals surface area contributed by atoms with Crippen LogP contribution in [0.3, 0.4) is 0 Å². The van der Waals surface area contributed by atoms with Crippen LogP contribution in [0, 0.1) is 0 Å². The molecule has 0 aliphatic heterocycles. The van der Waals surface area contributed by atoms with Crippen molar-refractivity contribution in [2.45, 2.75) is 0 Å². The van der Waals surface area contributed by atoms with Crippen LogP contribution in [0.1, 0.15) is 0 Å². The summed E-state index contributed by atoms with van der Waals surface area (Å²) >= 11 is 12.7. The largest absolute Gasteiger partial charge is 0.310 e. The van der Waals surface area contributed by atoms with E-state index in [1.54, 1.807) is 0 Å². The third kappa shape index (κ3) is 4.79. The van der Waals surface area contributed by atoms with E-state index in [1.807, 2.05) is 72.8 Å². The van der Waals surface area contributed by atoms with E-state index in [-0.39, 0.29) is 0 Å². The number of halogens is 2. The highest BCUT2D eigenvalue weighted by Crippen LogP contribution is 2.39. The monoisotopic (exact) mass is 480 g/mol. The van der Waals surface area contributed by atoms with E-state index < -0.39 is 0 Å². The molecular weight excluding hydrogens is 459 g/mol. The molecular formula is C30H22Cl2N2. The van der Waals surface area contributed by atoms with Crippen molar-refractivity contribution < 1.29 is 0 Å². The quantitative estimate of drug-likeness (QED) is 0.238.